The average Bonchev–Trinajstić information content (AvgIpc) is 3.23. The number of aryl methyl sites for hydroxylation is 3. The fourth-order valence-corrected chi connectivity index (χ4v) is 2.86. The molecular weight excluding hydrogens is 316 g/mol. The van der Waals surface area contributed by atoms with E-state index in [9.17, 15) is 4.79 Å². The Bertz CT molecular complexity index is 1030. The number of benzene rings is 2. The number of hydrogen-bond donors (Lipinski definition) is 0. The zero-order chi connectivity index (χ0) is 17.2. The van der Waals surface area contributed by atoms with E-state index in [1.54, 1.807) is 12.1 Å². The molecule has 0 aliphatic rings. The van der Waals surface area contributed by atoms with Gasteiger partial charge in [0.1, 0.15) is 12.0 Å². The molecule has 0 saturated carbocycles. The van der Waals surface area contributed by atoms with Crippen LogP contribution in [0.25, 0.3) is 22.4 Å². The Balaban J connectivity index is 1.56. The van der Waals surface area contributed by atoms with E-state index >= 15 is 0 Å². The molecule has 0 aliphatic carbocycles. The lowest BCUT2D eigenvalue weighted by atomic mass is 10.1. The molecule has 2 aromatic heterocycles. The summed E-state index contributed by atoms with van der Waals surface area (Å²) < 4.78 is 11.1. The third-order valence-corrected chi connectivity index (χ3v) is 4.22. The van der Waals surface area contributed by atoms with Crippen LogP contribution in [0.2, 0.25) is 0 Å². The summed E-state index contributed by atoms with van der Waals surface area (Å²) in [6.45, 7) is 1.92. The lowest BCUT2D eigenvalue weighted by Crippen LogP contribution is -1.94. The Kier molecular flexibility index (Phi) is 3.90. The maximum Gasteiger partial charge on any atom is 0.226 e. The molecule has 2 aromatic carbocycles. The summed E-state index contributed by atoms with van der Waals surface area (Å²) in [5.41, 5.74) is 3.94. The zero-order valence-corrected chi connectivity index (χ0v) is 13.7. The van der Waals surface area contributed by atoms with Crippen molar-refractivity contribution in [1.82, 2.24) is 10.1 Å². The van der Waals surface area contributed by atoms with Crippen LogP contribution < -0.4 is 0 Å². The molecule has 0 bridgehead atoms. The predicted molar refractivity (Wildman–Crippen MR) is 93.5 cm³/mol. The Morgan fingerprint density at radius 3 is 2.64 bits per heavy atom. The number of aromatic nitrogens is 2. The predicted octanol–water partition coefficient (Wildman–Crippen LogP) is 4.39. The van der Waals surface area contributed by atoms with Crippen molar-refractivity contribution in [3.8, 4) is 11.5 Å². The van der Waals surface area contributed by atoms with Crippen LogP contribution in [0, 0.1) is 6.92 Å². The van der Waals surface area contributed by atoms with E-state index in [2.05, 4.69) is 10.1 Å². The standard InChI is InChI=1S/C20H16N2O3/c1-13-17(21-20(24-13)15-5-3-2-4-6-15)9-10-18-16-8-7-14(12-23)11-19(16)25-22-18/h2-8,11-12H,9-10H2,1H3. The molecule has 0 fully saturated rings. The van der Waals surface area contributed by atoms with Gasteiger partial charge in [0.05, 0.1) is 11.4 Å². The number of carbonyl (C=O) groups is 1. The Labute approximate surface area is 144 Å². The summed E-state index contributed by atoms with van der Waals surface area (Å²) in [4.78, 5) is 15.5. The second kappa shape index (κ2) is 6.36. The Morgan fingerprint density at radius 1 is 1.04 bits per heavy atom. The molecule has 2 heterocycles. The number of aldehydes is 1. The topological polar surface area (TPSA) is 69.1 Å². The third kappa shape index (κ3) is 2.96. The normalized spacial score (nSPS) is 11.1. The first-order valence-corrected chi connectivity index (χ1v) is 8.10. The van der Waals surface area contributed by atoms with Crippen molar-refractivity contribution in [2.24, 2.45) is 0 Å². The van der Waals surface area contributed by atoms with Gasteiger partial charge in [0.15, 0.2) is 5.58 Å². The van der Waals surface area contributed by atoms with E-state index in [0.717, 1.165) is 34.4 Å². The zero-order valence-electron chi connectivity index (χ0n) is 13.7. The molecule has 0 N–H and O–H groups in total. The quantitative estimate of drug-likeness (QED) is 0.507. The molecule has 4 aromatic rings. The molecule has 0 amide bonds. The number of fused-ring (bicyclic) bond motifs is 1. The SMILES string of the molecule is Cc1oc(-c2ccccc2)nc1CCc1noc2cc(C=O)ccc12. The van der Waals surface area contributed by atoms with Crippen molar-refractivity contribution in [3.63, 3.8) is 0 Å². The van der Waals surface area contributed by atoms with Gasteiger partial charge < -0.3 is 8.94 Å². The van der Waals surface area contributed by atoms with Gasteiger partial charge in [-0.05, 0) is 44.0 Å². The van der Waals surface area contributed by atoms with Gasteiger partial charge in [-0.2, -0.15) is 0 Å². The van der Waals surface area contributed by atoms with Crippen LogP contribution >= 0.6 is 0 Å². The number of carbonyl (C=O) groups excluding carboxylic acids is 1. The molecule has 124 valence electrons. The monoisotopic (exact) mass is 332 g/mol. The van der Waals surface area contributed by atoms with Gasteiger partial charge in [0.25, 0.3) is 0 Å². The smallest absolute Gasteiger partial charge is 0.226 e. The molecule has 0 aliphatic heterocycles. The van der Waals surface area contributed by atoms with Gasteiger partial charge in [-0.1, -0.05) is 29.4 Å². The molecular formula is C20H16N2O3. The van der Waals surface area contributed by atoms with E-state index in [4.69, 9.17) is 8.94 Å². The number of hydrogen-bond acceptors (Lipinski definition) is 5. The van der Waals surface area contributed by atoms with Crippen molar-refractivity contribution < 1.29 is 13.7 Å². The first kappa shape index (κ1) is 15.3. The Hall–Kier alpha value is -3.21. The highest BCUT2D eigenvalue weighted by atomic mass is 16.5. The van der Waals surface area contributed by atoms with Crippen LogP contribution in [0.4, 0.5) is 0 Å². The minimum atomic E-state index is 0.579. The maximum absolute atomic E-state index is 10.8. The summed E-state index contributed by atoms with van der Waals surface area (Å²) in [6, 6.07) is 15.2. The van der Waals surface area contributed by atoms with Crippen LogP contribution in [0.15, 0.2) is 57.5 Å². The molecule has 0 unspecified atom stereocenters. The number of rotatable bonds is 5. The molecule has 0 radical (unpaired) electrons. The van der Waals surface area contributed by atoms with Gasteiger partial charge in [0, 0.05) is 16.5 Å². The van der Waals surface area contributed by atoms with Crippen molar-refractivity contribution in [3.05, 3.63) is 71.2 Å². The van der Waals surface area contributed by atoms with Crippen molar-refractivity contribution in [1.29, 1.82) is 0 Å². The first-order valence-electron chi connectivity index (χ1n) is 8.10. The van der Waals surface area contributed by atoms with Crippen LogP contribution in [-0.4, -0.2) is 16.4 Å². The highest BCUT2D eigenvalue weighted by molar-refractivity contribution is 5.86. The molecule has 0 saturated heterocycles. The van der Waals surface area contributed by atoms with E-state index in [0.29, 0.717) is 29.9 Å². The molecule has 0 atom stereocenters. The summed E-state index contributed by atoms with van der Waals surface area (Å²) >= 11 is 0. The largest absolute Gasteiger partial charge is 0.441 e. The lowest BCUT2D eigenvalue weighted by molar-refractivity contribution is 0.112. The average molecular weight is 332 g/mol. The third-order valence-electron chi connectivity index (χ3n) is 4.22. The highest BCUT2D eigenvalue weighted by Gasteiger charge is 2.14. The first-order chi connectivity index (χ1) is 12.2. The van der Waals surface area contributed by atoms with E-state index in [1.165, 1.54) is 0 Å². The fraction of sp³-hybridized carbons (Fsp3) is 0.150. The highest BCUT2D eigenvalue weighted by Crippen LogP contribution is 2.24. The molecule has 4 rings (SSSR count). The van der Waals surface area contributed by atoms with Crippen LogP contribution in [0.5, 0.6) is 0 Å². The van der Waals surface area contributed by atoms with E-state index in [-0.39, 0.29) is 0 Å². The summed E-state index contributed by atoms with van der Waals surface area (Å²) in [6.07, 6.45) is 2.19. The van der Waals surface area contributed by atoms with Crippen LogP contribution in [-0.2, 0) is 12.8 Å². The molecule has 25 heavy (non-hydrogen) atoms. The van der Waals surface area contributed by atoms with Crippen molar-refractivity contribution in [2.75, 3.05) is 0 Å². The molecule has 5 heteroatoms. The minimum Gasteiger partial charge on any atom is -0.441 e. The van der Waals surface area contributed by atoms with E-state index < -0.39 is 0 Å². The number of oxazole rings is 1. The van der Waals surface area contributed by atoms with Gasteiger partial charge in [-0.15, -0.1) is 0 Å². The van der Waals surface area contributed by atoms with Crippen molar-refractivity contribution >= 4 is 17.3 Å². The van der Waals surface area contributed by atoms with Gasteiger partial charge in [-0.3, -0.25) is 4.79 Å². The second-order valence-corrected chi connectivity index (χ2v) is 5.89. The van der Waals surface area contributed by atoms with Gasteiger partial charge in [-0.25, -0.2) is 4.98 Å². The maximum atomic E-state index is 10.8. The van der Waals surface area contributed by atoms with E-state index in [1.807, 2.05) is 43.3 Å². The van der Waals surface area contributed by atoms with Crippen molar-refractivity contribution in [2.45, 2.75) is 19.8 Å². The molecule has 0 spiro atoms. The van der Waals surface area contributed by atoms with Gasteiger partial charge in [0.2, 0.25) is 5.89 Å². The Morgan fingerprint density at radius 2 is 1.84 bits per heavy atom. The summed E-state index contributed by atoms with van der Waals surface area (Å²) in [7, 11) is 0. The lowest BCUT2D eigenvalue weighted by Gasteiger charge is -1.96. The summed E-state index contributed by atoms with van der Waals surface area (Å²) in [5.74, 6) is 1.45. The fourth-order valence-electron chi connectivity index (χ4n) is 2.86. The molecule has 5 nitrogen and oxygen atoms in total. The minimum absolute atomic E-state index is 0.579. The number of nitrogens with zero attached hydrogens (tertiary/aromatic N) is 2. The summed E-state index contributed by atoms with van der Waals surface area (Å²) in [5, 5.41) is 5.06. The second-order valence-electron chi connectivity index (χ2n) is 5.89. The van der Waals surface area contributed by atoms with Crippen LogP contribution in [0.3, 0.4) is 0 Å². The van der Waals surface area contributed by atoms with Crippen LogP contribution in [0.1, 0.15) is 27.5 Å². The van der Waals surface area contributed by atoms with Gasteiger partial charge >= 0.3 is 0 Å².